The van der Waals surface area contributed by atoms with E-state index in [0.29, 0.717) is 13.1 Å². The van der Waals surface area contributed by atoms with Gasteiger partial charge in [0.05, 0.1) is 0 Å². The smallest absolute Gasteiger partial charge is 0.261 e. The Morgan fingerprint density at radius 3 is 2.73 bits per heavy atom. The van der Waals surface area contributed by atoms with Gasteiger partial charge in [0.1, 0.15) is 0 Å². The first-order valence-electron chi connectivity index (χ1n) is 7.28. The number of nitrogens with one attached hydrogen (secondary N) is 1. The average molecular weight is 317 g/mol. The minimum Gasteiger partial charge on any atom is -0.261 e. The molecule has 1 aromatic heterocycles. The van der Waals surface area contributed by atoms with Crippen molar-refractivity contribution in [1.29, 1.82) is 0 Å². The minimum absolute atomic E-state index is 0.264. The van der Waals surface area contributed by atoms with Crippen molar-refractivity contribution in [3.8, 4) is 0 Å². The molecule has 0 atom stereocenters. The predicted molar refractivity (Wildman–Crippen MR) is 85.3 cm³/mol. The molecule has 3 rings (SSSR count). The number of rotatable bonds is 4. The summed E-state index contributed by atoms with van der Waals surface area (Å²) in [6, 6.07) is 11.7. The Kier molecular flexibility index (Phi) is 4.24. The molecule has 0 radical (unpaired) electrons. The first kappa shape index (κ1) is 15.1. The van der Waals surface area contributed by atoms with Crippen LogP contribution in [-0.4, -0.2) is 24.3 Å². The van der Waals surface area contributed by atoms with Crippen LogP contribution in [0.25, 0.3) is 0 Å². The van der Waals surface area contributed by atoms with Crippen molar-refractivity contribution in [3.05, 3.63) is 65.0 Å². The fraction of sp³-hybridized carbons (Fsp3) is 0.312. The van der Waals surface area contributed by atoms with E-state index in [-0.39, 0.29) is 6.54 Å². The summed E-state index contributed by atoms with van der Waals surface area (Å²) in [7, 11) is -3.49. The van der Waals surface area contributed by atoms with Crippen molar-refractivity contribution in [2.24, 2.45) is 0 Å². The zero-order valence-electron chi connectivity index (χ0n) is 12.5. The summed E-state index contributed by atoms with van der Waals surface area (Å²) in [5.74, 6) is 0. The van der Waals surface area contributed by atoms with Crippen molar-refractivity contribution in [3.63, 3.8) is 0 Å². The maximum absolute atomic E-state index is 12.5. The highest BCUT2D eigenvalue weighted by Crippen LogP contribution is 2.20. The van der Waals surface area contributed by atoms with Crippen LogP contribution in [0.1, 0.15) is 22.4 Å². The predicted octanol–water partition coefficient (Wildman–Crippen LogP) is 1.78. The Labute approximate surface area is 131 Å². The third-order valence-electron chi connectivity index (χ3n) is 4.00. The minimum atomic E-state index is -3.49. The molecule has 5 nitrogen and oxygen atoms in total. The fourth-order valence-electron chi connectivity index (χ4n) is 2.64. The molecule has 0 unspecified atom stereocenters. The van der Waals surface area contributed by atoms with Crippen LogP contribution in [0.5, 0.6) is 0 Å². The molecule has 1 aliphatic rings. The topological polar surface area (TPSA) is 62.3 Å². The van der Waals surface area contributed by atoms with Crippen molar-refractivity contribution >= 4 is 10.2 Å². The number of aromatic nitrogens is 1. The van der Waals surface area contributed by atoms with Crippen LogP contribution in [-0.2, 0) is 29.7 Å². The second kappa shape index (κ2) is 6.16. The summed E-state index contributed by atoms with van der Waals surface area (Å²) in [5.41, 5.74) is 4.05. The highest BCUT2D eigenvalue weighted by molar-refractivity contribution is 7.87. The van der Waals surface area contributed by atoms with E-state index in [1.54, 1.807) is 6.20 Å². The molecule has 0 saturated heterocycles. The lowest BCUT2D eigenvalue weighted by Gasteiger charge is -2.28. The van der Waals surface area contributed by atoms with E-state index in [0.717, 1.165) is 23.2 Å². The van der Waals surface area contributed by atoms with Gasteiger partial charge in [0, 0.05) is 31.5 Å². The van der Waals surface area contributed by atoms with E-state index < -0.39 is 10.2 Å². The first-order chi connectivity index (χ1) is 10.6. The van der Waals surface area contributed by atoms with Gasteiger partial charge >= 0.3 is 0 Å². The normalized spacial score (nSPS) is 15.5. The van der Waals surface area contributed by atoms with Crippen LogP contribution in [0.4, 0.5) is 0 Å². The lowest BCUT2D eigenvalue weighted by molar-refractivity contribution is 0.383. The van der Waals surface area contributed by atoms with Crippen LogP contribution in [0.3, 0.4) is 0 Å². The number of hydrogen-bond acceptors (Lipinski definition) is 3. The van der Waals surface area contributed by atoms with Crippen molar-refractivity contribution < 1.29 is 8.42 Å². The van der Waals surface area contributed by atoms with Gasteiger partial charge in [0.2, 0.25) is 0 Å². The molecular formula is C16H19N3O2S. The molecule has 0 bridgehead atoms. The molecular weight excluding hydrogens is 298 g/mol. The Morgan fingerprint density at radius 1 is 1.18 bits per heavy atom. The SMILES string of the molecule is Cc1ncccc1CNS(=O)(=O)N1CCc2ccccc2C1. The maximum Gasteiger partial charge on any atom is 0.280 e. The number of pyridine rings is 1. The molecule has 22 heavy (non-hydrogen) atoms. The van der Waals surface area contributed by atoms with Gasteiger partial charge in [0.25, 0.3) is 10.2 Å². The van der Waals surface area contributed by atoms with Gasteiger partial charge in [-0.2, -0.15) is 17.4 Å². The molecule has 0 aliphatic carbocycles. The van der Waals surface area contributed by atoms with E-state index in [2.05, 4.69) is 15.8 Å². The number of nitrogens with zero attached hydrogens (tertiary/aromatic N) is 2. The summed E-state index contributed by atoms with van der Waals surface area (Å²) >= 11 is 0. The first-order valence-corrected chi connectivity index (χ1v) is 8.72. The van der Waals surface area contributed by atoms with Crippen LogP contribution in [0.15, 0.2) is 42.6 Å². The summed E-state index contributed by atoms with van der Waals surface area (Å²) < 4.78 is 29.1. The van der Waals surface area contributed by atoms with Gasteiger partial charge in [0.15, 0.2) is 0 Å². The van der Waals surface area contributed by atoms with Gasteiger partial charge in [-0.3, -0.25) is 4.98 Å². The number of fused-ring (bicyclic) bond motifs is 1. The summed E-state index contributed by atoms with van der Waals surface area (Å²) in [5, 5.41) is 0. The van der Waals surface area contributed by atoms with Gasteiger partial charge in [-0.05, 0) is 36.1 Å². The molecule has 0 amide bonds. The lowest BCUT2D eigenvalue weighted by Crippen LogP contribution is -2.43. The quantitative estimate of drug-likeness (QED) is 0.935. The lowest BCUT2D eigenvalue weighted by atomic mass is 10.0. The Balaban J connectivity index is 1.71. The summed E-state index contributed by atoms with van der Waals surface area (Å²) in [6.45, 7) is 3.08. The molecule has 1 aromatic carbocycles. The van der Waals surface area contributed by atoms with Crippen LogP contribution < -0.4 is 4.72 Å². The van der Waals surface area contributed by atoms with Gasteiger partial charge in [-0.1, -0.05) is 30.3 Å². The van der Waals surface area contributed by atoms with E-state index in [4.69, 9.17) is 0 Å². The fourth-order valence-corrected chi connectivity index (χ4v) is 3.80. The van der Waals surface area contributed by atoms with E-state index in [1.807, 2.05) is 37.3 Å². The zero-order chi connectivity index (χ0) is 15.6. The molecule has 0 fully saturated rings. The zero-order valence-corrected chi connectivity index (χ0v) is 13.3. The summed E-state index contributed by atoms with van der Waals surface area (Å²) in [4.78, 5) is 4.17. The van der Waals surface area contributed by atoms with Gasteiger partial charge < -0.3 is 0 Å². The highest BCUT2D eigenvalue weighted by Gasteiger charge is 2.26. The molecule has 0 spiro atoms. The molecule has 2 heterocycles. The van der Waals surface area contributed by atoms with Crippen LogP contribution in [0.2, 0.25) is 0 Å². The third kappa shape index (κ3) is 3.19. The van der Waals surface area contributed by atoms with Crippen LogP contribution >= 0.6 is 0 Å². The van der Waals surface area contributed by atoms with E-state index in [1.165, 1.54) is 9.87 Å². The van der Waals surface area contributed by atoms with Gasteiger partial charge in [-0.25, -0.2) is 0 Å². The molecule has 0 saturated carbocycles. The Bertz CT molecular complexity index is 774. The second-order valence-electron chi connectivity index (χ2n) is 5.43. The number of aryl methyl sites for hydroxylation is 1. The van der Waals surface area contributed by atoms with Crippen molar-refractivity contribution in [1.82, 2.24) is 14.0 Å². The Hall–Kier alpha value is -1.76. The molecule has 6 heteroatoms. The van der Waals surface area contributed by atoms with Crippen molar-refractivity contribution in [2.45, 2.75) is 26.4 Å². The third-order valence-corrected chi connectivity index (χ3v) is 5.50. The van der Waals surface area contributed by atoms with Crippen molar-refractivity contribution in [2.75, 3.05) is 6.54 Å². The molecule has 1 N–H and O–H groups in total. The average Bonchev–Trinajstić information content (AvgIpc) is 2.54. The van der Waals surface area contributed by atoms with E-state index in [9.17, 15) is 8.42 Å². The summed E-state index contributed by atoms with van der Waals surface area (Å²) in [6.07, 6.45) is 2.46. The number of hydrogen-bond donors (Lipinski definition) is 1. The molecule has 1 aliphatic heterocycles. The second-order valence-corrected chi connectivity index (χ2v) is 7.18. The van der Waals surface area contributed by atoms with E-state index >= 15 is 0 Å². The van der Waals surface area contributed by atoms with Gasteiger partial charge in [-0.15, -0.1) is 0 Å². The monoisotopic (exact) mass is 317 g/mol. The number of benzene rings is 1. The maximum atomic E-state index is 12.5. The molecule has 2 aromatic rings. The standard InChI is InChI=1S/C16H19N3O2S/c1-13-15(7-4-9-17-13)11-18-22(20,21)19-10-8-14-5-2-3-6-16(14)12-19/h2-7,9,18H,8,10-12H2,1H3. The largest absolute Gasteiger partial charge is 0.280 e. The molecule has 116 valence electrons. The Morgan fingerprint density at radius 2 is 1.95 bits per heavy atom. The highest BCUT2D eigenvalue weighted by atomic mass is 32.2. The van der Waals surface area contributed by atoms with Crippen LogP contribution in [0, 0.1) is 6.92 Å².